The van der Waals surface area contributed by atoms with Gasteiger partial charge in [-0.05, 0) is 29.8 Å². The number of nitrogens with one attached hydrogen (secondary N) is 1. The number of hydrogen-bond acceptors (Lipinski definition) is 8. The van der Waals surface area contributed by atoms with Gasteiger partial charge in [0.05, 0.1) is 12.6 Å². The Morgan fingerprint density at radius 1 is 1.12 bits per heavy atom. The third-order valence-electron chi connectivity index (χ3n) is 7.34. The molecule has 2 saturated heterocycles. The molecule has 3 aromatic heterocycles. The van der Waals surface area contributed by atoms with E-state index in [2.05, 4.69) is 20.9 Å². The second kappa shape index (κ2) is 10.8. The zero-order valence-electron chi connectivity index (χ0n) is 22.2. The van der Waals surface area contributed by atoms with Crippen LogP contribution < -0.4 is 4.73 Å². The van der Waals surface area contributed by atoms with Gasteiger partial charge >= 0.3 is 6.09 Å². The van der Waals surface area contributed by atoms with E-state index in [0.29, 0.717) is 38.9 Å². The highest BCUT2D eigenvalue weighted by molar-refractivity contribution is 7.89. The summed E-state index contributed by atoms with van der Waals surface area (Å²) >= 11 is 0. The number of hydrogen-bond donors (Lipinski definition) is 1. The first-order chi connectivity index (χ1) is 20.2. The van der Waals surface area contributed by atoms with Crippen LogP contribution in [0.25, 0.3) is 22.0 Å². The monoisotopic (exact) mass is 587 g/mol. The molecule has 14 heteroatoms. The second-order valence-corrected chi connectivity index (χ2v) is 11.8. The smallest absolute Gasteiger partial charge is 0.410 e. The molecule has 2 aliphatic rings. The maximum Gasteiger partial charge on any atom is 0.410 e. The number of aromatic amines is 1. The Bertz CT molecular complexity index is 1820. The van der Waals surface area contributed by atoms with E-state index in [9.17, 15) is 23.2 Å². The summed E-state index contributed by atoms with van der Waals surface area (Å²) < 4.78 is 34.4. The van der Waals surface area contributed by atoms with Crippen molar-refractivity contribution in [1.29, 1.82) is 0 Å². The minimum Gasteiger partial charge on any atom is -0.619 e. The van der Waals surface area contributed by atoms with Crippen LogP contribution in [-0.2, 0) is 14.8 Å². The number of terminal acetylenes is 1. The van der Waals surface area contributed by atoms with Crippen LogP contribution in [-0.4, -0.2) is 94.8 Å². The molecule has 0 radical (unpaired) electrons. The van der Waals surface area contributed by atoms with Gasteiger partial charge in [0.2, 0.25) is 5.82 Å². The lowest BCUT2D eigenvalue weighted by Crippen LogP contribution is -2.60. The minimum absolute atomic E-state index is 0.00751. The van der Waals surface area contributed by atoms with Crippen molar-refractivity contribution in [3.63, 3.8) is 0 Å². The van der Waals surface area contributed by atoms with Crippen LogP contribution >= 0.6 is 0 Å². The van der Waals surface area contributed by atoms with Crippen molar-refractivity contribution in [2.75, 3.05) is 39.3 Å². The lowest BCUT2D eigenvalue weighted by Gasteiger charge is -2.41. The fourth-order valence-corrected chi connectivity index (χ4v) is 6.59. The van der Waals surface area contributed by atoms with Gasteiger partial charge in [-0.25, -0.2) is 23.2 Å². The van der Waals surface area contributed by atoms with E-state index in [1.807, 2.05) is 0 Å². The van der Waals surface area contributed by atoms with Gasteiger partial charge in [-0.3, -0.25) is 4.79 Å². The van der Waals surface area contributed by atoms with Crippen LogP contribution in [0.2, 0.25) is 0 Å². The van der Waals surface area contributed by atoms with E-state index in [1.165, 1.54) is 45.0 Å². The average molecular weight is 588 g/mol. The molecular formula is C28H25N7O6S. The molecule has 2 fully saturated rings. The van der Waals surface area contributed by atoms with Crippen molar-refractivity contribution < 1.29 is 27.5 Å². The zero-order chi connectivity index (χ0) is 29.4. The van der Waals surface area contributed by atoms with Crippen LogP contribution in [0, 0.1) is 17.6 Å². The van der Waals surface area contributed by atoms with E-state index in [4.69, 9.17) is 11.2 Å². The number of H-pyrrole nitrogens is 1. The van der Waals surface area contributed by atoms with E-state index in [0.717, 1.165) is 0 Å². The van der Waals surface area contributed by atoms with Crippen molar-refractivity contribution in [3.05, 3.63) is 77.8 Å². The fraction of sp³-hybridized carbons (Fsp3) is 0.250. The molecule has 1 aromatic carbocycles. The number of pyridine rings is 1. The summed E-state index contributed by atoms with van der Waals surface area (Å²) in [6, 6.07) is 9.25. The molecule has 4 aromatic rings. The number of fused-ring (bicyclic) bond motifs is 1. The molecule has 1 atom stereocenters. The summed E-state index contributed by atoms with van der Waals surface area (Å²) in [5, 5.41) is 12.0. The normalized spacial score (nSPS) is 17.8. The second-order valence-electron chi connectivity index (χ2n) is 9.90. The van der Waals surface area contributed by atoms with E-state index in [1.54, 1.807) is 30.3 Å². The molecule has 42 heavy (non-hydrogen) atoms. The number of ether oxygens (including phenoxy) is 1. The van der Waals surface area contributed by atoms with E-state index in [-0.39, 0.29) is 43.6 Å². The highest BCUT2D eigenvalue weighted by Gasteiger charge is 2.40. The summed E-state index contributed by atoms with van der Waals surface area (Å²) in [6.07, 6.45) is 10.6. The standard InChI is InChI=1S/C28H25N7O6S/c1-2-19-3-4-24-21(13-19)14-25(31-24)42(39,40)34-9-10-35(23(18-34)17-32-11-12-41-28(32)37)27(36)26-29-15-22(16-30-26)20-5-7-33(38)8-6-20/h1,3-8,13-16,23,31H,9-12,17-18H2. The Kier molecular flexibility index (Phi) is 6.97. The molecule has 0 aliphatic carbocycles. The highest BCUT2D eigenvalue weighted by atomic mass is 32.2. The fourth-order valence-electron chi connectivity index (χ4n) is 5.11. The molecule has 1 N–H and O–H groups in total. The summed E-state index contributed by atoms with van der Waals surface area (Å²) in [7, 11) is -3.98. The van der Waals surface area contributed by atoms with Gasteiger partial charge in [-0.15, -0.1) is 6.42 Å². The average Bonchev–Trinajstić information content (AvgIpc) is 3.63. The van der Waals surface area contributed by atoms with Crippen LogP contribution in [0.4, 0.5) is 4.79 Å². The molecule has 0 spiro atoms. The number of carbonyl (C=O) groups is 2. The van der Waals surface area contributed by atoms with Crippen molar-refractivity contribution >= 4 is 32.9 Å². The van der Waals surface area contributed by atoms with Gasteiger partial charge in [0.1, 0.15) is 11.6 Å². The summed E-state index contributed by atoms with van der Waals surface area (Å²) in [5.41, 5.74) is 2.58. The Balaban J connectivity index is 1.25. The number of amides is 2. The molecule has 13 nitrogen and oxygen atoms in total. The first-order valence-corrected chi connectivity index (χ1v) is 14.5. The zero-order valence-corrected chi connectivity index (χ0v) is 23.0. The summed E-state index contributed by atoms with van der Waals surface area (Å²) in [5.74, 6) is 1.98. The predicted octanol–water partition coefficient (Wildman–Crippen LogP) is 1.21. The van der Waals surface area contributed by atoms with Crippen molar-refractivity contribution in [1.82, 2.24) is 29.1 Å². The first kappa shape index (κ1) is 27.2. The number of cyclic esters (lactones) is 1. The number of carbonyl (C=O) groups excluding carboxylic acids is 2. The molecule has 214 valence electrons. The number of sulfonamides is 1. The van der Waals surface area contributed by atoms with E-state index >= 15 is 0 Å². The van der Waals surface area contributed by atoms with Crippen LogP contribution in [0.15, 0.2) is 66.2 Å². The van der Waals surface area contributed by atoms with Gasteiger partial charge < -0.3 is 24.7 Å². The van der Waals surface area contributed by atoms with Crippen molar-refractivity contribution in [2.45, 2.75) is 11.1 Å². The maximum absolute atomic E-state index is 13.7. The minimum atomic E-state index is -3.98. The third-order valence-corrected chi connectivity index (χ3v) is 9.13. The topological polar surface area (TPSA) is 156 Å². The van der Waals surface area contributed by atoms with Gasteiger partial charge in [0.25, 0.3) is 15.9 Å². The summed E-state index contributed by atoms with van der Waals surface area (Å²) in [6.45, 7) is 0.645. The molecule has 5 heterocycles. The Hall–Kier alpha value is -5.00. The van der Waals surface area contributed by atoms with Crippen LogP contribution in [0.3, 0.4) is 0 Å². The number of aromatic nitrogens is 4. The van der Waals surface area contributed by atoms with Crippen LogP contribution in [0.5, 0.6) is 0 Å². The number of benzene rings is 1. The quantitative estimate of drug-likeness (QED) is 0.201. The number of nitrogens with zero attached hydrogens (tertiary/aromatic N) is 6. The third kappa shape index (κ3) is 5.11. The maximum atomic E-state index is 13.7. The van der Waals surface area contributed by atoms with Gasteiger partial charge in [-0.1, -0.05) is 5.92 Å². The molecule has 0 bridgehead atoms. The van der Waals surface area contributed by atoms with Crippen LogP contribution in [0.1, 0.15) is 16.2 Å². The molecule has 6 rings (SSSR count). The number of rotatable bonds is 6. The first-order valence-electron chi connectivity index (χ1n) is 13.1. The molecule has 1 unspecified atom stereocenters. The van der Waals surface area contributed by atoms with Crippen molar-refractivity contribution in [3.8, 4) is 23.5 Å². The van der Waals surface area contributed by atoms with Gasteiger partial charge in [-0.2, -0.15) is 9.04 Å². The molecular weight excluding hydrogens is 562 g/mol. The highest BCUT2D eigenvalue weighted by Crippen LogP contribution is 2.26. The Morgan fingerprint density at radius 2 is 1.88 bits per heavy atom. The largest absolute Gasteiger partial charge is 0.619 e. The van der Waals surface area contributed by atoms with Gasteiger partial charge in [0, 0.05) is 72.7 Å². The Labute approximate surface area is 241 Å². The van der Waals surface area contributed by atoms with E-state index < -0.39 is 28.1 Å². The van der Waals surface area contributed by atoms with Crippen molar-refractivity contribution in [2.24, 2.45) is 0 Å². The lowest BCUT2D eigenvalue weighted by molar-refractivity contribution is -0.605. The van der Waals surface area contributed by atoms with Gasteiger partial charge in [0.15, 0.2) is 12.4 Å². The molecule has 2 amide bonds. The SMILES string of the molecule is C#Cc1ccc2[nH]c(S(=O)(=O)N3CCN(C(=O)c4ncc(-c5cc[n+]([O-])cc5)cn4)C(CN4CCOC4=O)C3)cc2c1. The predicted molar refractivity (Wildman–Crippen MR) is 149 cm³/mol. The summed E-state index contributed by atoms with van der Waals surface area (Å²) in [4.78, 5) is 40.2. The Morgan fingerprint density at radius 3 is 2.57 bits per heavy atom. The lowest BCUT2D eigenvalue weighted by atomic mass is 10.1. The molecule has 2 aliphatic heterocycles. The molecule has 0 saturated carbocycles. The number of piperazine rings is 1.